The van der Waals surface area contributed by atoms with Crippen molar-refractivity contribution in [3.63, 3.8) is 0 Å². The van der Waals surface area contributed by atoms with Crippen LogP contribution in [0.25, 0.3) is 0 Å². The first-order chi connectivity index (χ1) is 6.83. The monoisotopic (exact) mass is 299 g/mol. The number of pyridine rings is 1. The van der Waals surface area contributed by atoms with Crippen molar-refractivity contribution in [2.45, 2.75) is 18.4 Å². The van der Waals surface area contributed by atoms with Gasteiger partial charge >= 0.3 is 5.76 Å². The van der Waals surface area contributed by atoms with Crippen molar-refractivity contribution in [1.29, 1.82) is 0 Å². The molecule has 1 aromatic heterocycles. The van der Waals surface area contributed by atoms with E-state index in [2.05, 4.69) is 20.9 Å². The van der Waals surface area contributed by atoms with E-state index in [0.29, 0.717) is 15.7 Å². The van der Waals surface area contributed by atoms with E-state index >= 15 is 0 Å². The van der Waals surface area contributed by atoms with Gasteiger partial charge in [-0.25, -0.2) is 13.4 Å². The van der Waals surface area contributed by atoms with Gasteiger partial charge in [0.15, 0.2) is 0 Å². The molecule has 0 atom stereocenters. The number of sulfone groups is 1. The van der Waals surface area contributed by atoms with Crippen molar-refractivity contribution in [3.05, 3.63) is 28.0 Å². The van der Waals surface area contributed by atoms with Gasteiger partial charge in [0.25, 0.3) is 0 Å². The van der Waals surface area contributed by atoms with Crippen molar-refractivity contribution in [3.8, 4) is 0 Å². The number of hydrogen-bond acceptors (Lipinski definition) is 3. The van der Waals surface area contributed by atoms with E-state index in [9.17, 15) is 17.2 Å². The van der Waals surface area contributed by atoms with Crippen LogP contribution in [0.5, 0.6) is 0 Å². The number of nitrogens with zero attached hydrogens (tertiary/aromatic N) is 1. The second-order valence-corrected chi connectivity index (χ2v) is 5.78. The number of aryl methyl sites for hydroxylation is 1. The molecule has 0 aliphatic heterocycles. The molecule has 7 heteroatoms. The molecule has 0 spiro atoms. The third-order valence-corrected chi connectivity index (χ3v) is 3.50. The fraction of sp³-hybridized carbons (Fsp3) is 0.375. The minimum Gasteiger partial charge on any atom is -0.249 e. The highest BCUT2D eigenvalue weighted by Gasteiger charge is 2.25. The van der Waals surface area contributed by atoms with Gasteiger partial charge in [0.05, 0.1) is 5.75 Å². The summed E-state index contributed by atoms with van der Waals surface area (Å²) in [5.41, 5.74) is 0.902. The molecule has 0 aliphatic carbocycles. The Hall–Kier alpha value is -0.560. The molecule has 0 aromatic carbocycles. The van der Waals surface area contributed by atoms with Crippen LogP contribution in [-0.4, -0.2) is 19.2 Å². The van der Waals surface area contributed by atoms with Gasteiger partial charge in [-0.05, 0) is 40.0 Å². The summed E-state index contributed by atoms with van der Waals surface area (Å²) in [5, 5.41) is 0. The molecule has 0 radical (unpaired) electrons. The van der Waals surface area contributed by atoms with Gasteiger partial charge in [0.2, 0.25) is 9.84 Å². The molecule has 1 rings (SSSR count). The van der Waals surface area contributed by atoms with Gasteiger partial charge in [-0.2, -0.15) is 8.78 Å². The van der Waals surface area contributed by atoms with Crippen molar-refractivity contribution >= 4 is 25.8 Å². The summed E-state index contributed by atoms with van der Waals surface area (Å²) >= 11 is 3.10. The van der Waals surface area contributed by atoms with Crippen LogP contribution in [0.3, 0.4) is 0 Å². The second kappa shape index (κ2) is 4.52. The van der Waals surface area contributed by atoms with Crippen LogP contribution in [0.2, 0.25) is 0 Å². The topological polar surface area (TPSA) is 47.0 Å². The molecular weight excluding hydrogens is 292 g/mol. The van der Waals surface area contributed by atoms with Gasteiger partial charge in [-0.3, -0.25) is 0 Å². The Morgan fingerprint density at radius 2 is 2.13 bits per heavy atom. The van der Waals surface area contributed by atoms with Crippen LogP contribution in [0, 0.1) is 6.92 Å². The molecule has 0 bridgehead atoms. The lowest BCUT2D eigenvalue weighted by Gasteiger charge is -2.06. The molecule has 1 heterocycles. The molecular formula is C8H8BrF2NO2S. The van der Waals surface area contributed by atoms with Crippen molar-refractivity contribution in [1.82, 2.24) is 4.98 Å². The van der Waals surface area contributed by atoms with E-state index in [1.54, 1.807) is 13.0 Å². The third-order valence-electron chi connectivity index (χ3n) is 1.81. The first-order valence-electron chi connectivity index (χ1n) is 3.93. The average molecular weight is 300 g/mol. The molecule has 0 saturated heterocycles. The lowest BCUT2D eigenvalue weighted by molar-refractivity contribution is 0.234. The Morgan fingerprint density at radius 1 is 1.53 bits per heavy atom. The predicted octanol–water partition coefficient (Wildman–Crippen LogP) is 2.29. The first kappa shape index (κ1) is 12.5. The summed E-state index contributed by atoms with van der Waals surface area (Å²) in [5.74, 6) is -4.03. The summed E-state index contributed by atoms with van der Waals surface area (Å²) in [6.45, 7) is 1.64. The first-order valence-corrected chi connectivity index (χ1v) is 6.44. The molecule has 0 amide bonds. The maximum Gasteiger partial charge on any atom is 0.337 e. The summed E-state index contributed by atoms with van der Waals surface area (Å²) in [4.78, 5) is 3.79. The van der Waals surface area contributed by atoms with Crippen molar-refractivity contribution in [2.75, 3.05) is 0 Å². The third kappa shape index (κ3) is 3.20. The van der Waals surface area contributed by atoms with Crippen LogP contribution >= 0.6 is 15.9 Å². The molecule has 0 N–H and O–H groups in total. The predicted molar refractivity (Wildman–Crippen MR) is 55.3 cm³/mol. The van der Waals surface area contributed by atoms with Crippen LogP contribution in [0.4, 0.5) is 8.78 Å². The number of hydrogen-bond donors (Lipinski definition) is 0. The second-order valence-electron chi connectivity index (χ2n) is 3.00. The number of alkyl halides is 2. The zero-order valence-corrected chi connectivity index (χ0v) is 10.1. The summed E-state index contributed by atoms with van der Waals surface area (Å²) < 4.78 is 46.6. The van der Waals surface area contributed by atoms with Crippen LogP contribution in [-0.2, 0) is 15.6 Å². The summed E-state index contributed by atoms with van der Waals surface area (Å²) in [7, 11) is -4.38. The normalized spacial score (nSPS) is 12.1. The highest BCUT2D eigenvalue weighted by Crippen LogP contribution is 2.18. The van der Waals surface area contributed by atoms with Gasteiger partial charge in [0.1, 0.15) is 4.60 Å². The molecule has 0 aliphatic rings. The van der Waals surface area contributed by atoms with Gasteiger partial charge in [-0.15, -0.1) is 0 Å². The minimum atomic E-state index is -4.38. The standard InChI is InChI=1S/C8H8BrF2NO2S/c1-5-2-7(9)12-3-6(5)4-15(13,14)8(10)11/h2-3,8H,4H2,1H3. The minimum absolute atomic E-state index is 0.290. The molecule has 15 heavy (non-hydrogen) atoms. The van der Waals surface area contributed by atoms with Gasteiger partial charge in [-0.1, -0.05) is 0 Å². The van der Waals surface area contributed by atoms with Gasteiger partial charge < -0.3 is 0 Å². The summed E-state index contributed by atoms with van der Waals surface area (Å²) in [6.07, 6.45) is 1.28. The average Bonchev–Trinajstić information content (AvgIpc) is 2.09. The number of aromatic nitrogens is 1. The fourth-order valence-corrected chi connectivity index (χ4v) is 2.29. The van der Waals surface area contributed by atoms with E-state index in [-0.39, 0.29) is 0 Å². The Balaban J connectivity index is 3.01. The smallest absolute Gasteiger partial charge is 0.249 e. The Labute approximate surface area is 94.6 Å². The quantitative estimate of drug-likeness (QED) is 0.805. The molecule has 1 aromatic rings. The maximum atomic E-state index is 12.1. The van der Waals surface area contributed by atoms with E-state index in [4.69, 9.17) is 0 Å². The number of halogens is 3. The van der Waals surface area contributed by atoms with E-state index in [1.807, 2.05) is 0 Å². The Bertz CT molecular complexity index is 462. The Kier molecular flexibility index (Phi) is 3.77. The molecule has 0 saturated carbocycles. The largest absolute Gasteiger partial charge is 0.337 e. The molecule has 0 fully saturated rings. The van der Waals surface area contributed by atoms with Crippen LogP contribution in [0.15, 0.2) is 16.9 Å². The SMILES string of the molecule is Cc1cc(Br)ncc1CS(=O)(=O)C(F)F. The molecule has 0 unspecified atom stereocenters. The molecule has 84 valence electrons. The van der Waals surface area contributed by atoms with Gasteiger partial charge in [0, 0.05) is 6.20 Å². The van der Waals surface area contributed by atoms with E-state index < -0.39 is 21.3 Å². The highest BCUT2D eigenvalue weighted by atomic mass is 79.9. The van der Waals surface area contributed by atoms with E-state index in [0.717, 1.165) is 0 Å². The molecule has 3 nitrogen and oxygen atoms in total. The summed E-state index contributed by atoms with van der Waals surface area (Å²) in [6, 6.07) is 1.58. The lowest BCUT2D eigenvalue weighted by atomic mass is 10.2. The Morgan fingerprint density at radius 3 is 2.60 bits per heavy atom. The van der Waals surface area contributed by atoms with Crippen LogP contribution < -0.4 is 0 Å². The van der Waals surface area contributed by atoms with Crippen molar-refractivity contribution in [2.24, 2.45) is 0 Å². The zero-order chi connectivity index (χ0) is 11.6. The highest BCUT2D eigenvalue weighted by molar-refractivity contribution is 9.10. The fourth-order valence-electron chi connectivity index (χ4n) is 0.981. The van der Waals surface area contributed by atoms with Crippen LogP contribution in [0.1, 0.15) is 11.1 Å². The van der Waals surface area contributed by atoms with Crippen molar-refractivity contribution < 1.29 is 17.2 Å². The maximum absolute atomic E-state index is 12.1. The zero-order valence-electron chi connectivity index (χ0n) is 7.75. The lowest BCUT2D eigenvalue weighted by Crippen LogP contribution is -2.14. The van der Waals surface area contributed by atoms with E-state index in [1.165, 1.54) is 6.20 Å². The number of rotatable bonds is 3.